The number of benzene rings is 1. The fourth-order valence-electron chi connectivity index (χ4n) is 3.17. The smallest absolute Gasteiger partial charge is 0.162 e. The third-order valence-electron chi connectivity index (χ3n) is 4.46. The molecule has 4 aromatic rings. The molecule has 3 aromatic heterocycles. The van der Waals surface area contributed by atoms with Crippen LogP contribution in [0.15, 0.2) is 49.0 Å². The zero-order valence-electron chi connectivity index (χ0n) is 15.9. The molecular formula is C21H22N6S. The molecule has 142 valence electrons. The number of aromatic nitrogens is 4. The summed E-state index contributed by atoms with van der Waals surface area (Å²) < 4.78 is 1.84. The van der Waals surface area contributed by atoms with Crippen molar-refractivity contribution in [2.75, 3.05) is 11.1 Å². The number of thiophene rings is 1. The molecule has 3 heterocycles. The predicted molar refractivity (Wildman–Crippen MR) is 117 cm³/mol. The molecule has 0 fully saturated rings. The zero-order valence-corrected chi connectivity index (χ0v) is 16.8. The number of nitrogens with two attached hydrogens (primary N) is 1. The number of nitrogens with one attached hydrogen (secondary N) is 1. The molecule has 0 radical (unpaired) electrons. The maximum absolute atomic E-state index is 5.87. The molecule has 7 heteroatoms. The average molecular weight is 391 g/mol. The van der Waals surface area contributed by atoms with Crippen molar-refractivity contribution in [3.63, 3.8) is 0 Å². The Kier molecular flexibility index (Phi) is 4.83. The Balaban J connectivity index is 1.86. The summed E-state index contributed by atoms with van der Waals surface area (Å²) in [5.41, 5.74) is 10.3. The van der Waals surface area contributed by atoms with Crippen molar-refractivity contribution in [2.45, 2.75) is 19.8 Å². The van der Waals surface area contributed by atoms with Crippen LogP contribution in [0.3, 0.4) is 0 Å². The first-order valence-electron chi connectivity index (χ1n) is 9.17. The molecule has 3 N–H and O–H groups in total. The first-order chi connectivity index (χ1) is 13.6. The summed E-state index contributed by atoms with van der Waals surface area (Å²) in [6, 6.07) is 13.8. The molecule has 0 saturated carbocycles. The van der Waals surface area contributed by atoms with E-state index in [1.807, 2.05) is 54.2 Å². The minimum atomic E-state index is 0.666. The summed E-state index contributed by atoms with van der Waals surface area (Å²) in [7, 11) is 1.92. The second-order valence-electron chi connectivity index (χ2n) is 6.58. The van der Waals surface area contributed by atoms with Gasteiger partial charge in [-0.25, -0.2) is 9.97 Å². The maximum Gasteiger partial charge on any atom is 0.162 e. The number of rotatable bonds is 6. The van der Waals surface area contributed by atoms with Crippen LogP contribution in [0.1, 0.15) is 23.9 Å². The Bertz CT molecular complexity index is 1140. The van der Waals surface area contributed by atoms with Gasteiger partial charge in [-0.3, -0.25) is 4.68 Å². The van der Waals surface area contributed by atoms with Gasteiger partial charge in [0.1, 0.15) is 11.0 Å². The highest BCUT2D eigenvalue weighted by Gasteiger charge is 2.18. The largest absolute Gasteiger partial charge is 0.391 e. The van der Waals surface area contributed by atoms with E-state index in [9.17, 15) is 0 Å². The van der Waals surface area contributed by atoms with E-state index in [1.54, 1.807) is 0 Å². The van der Waals surface area contributed by atoms with Crippen LogP contribution in [0.4, 0.5) is 10.8 Å². The topological polar surface area (TPSA) is 81.7 Å². The molecule has 0 aliphatic rings. The summed E-state index contributed by atoms with van der Waals surface area (Å²) in [6.07, 6.45) is 1.87. The number of hydrogen-bond donors (Lipinski definition) is 2. The van der Waals surface area contributed by atoms with Gasteiger partial charge in [0.25, 0.3) is 0 Å². The SMILES string of the molecule is C=C(Nc1nc(-c2ccccc2)nc2c(CCC)nn(C)c12)c1ccc(N)s1. The van der Waals surface area contributed by atoms with Crippen molar-refractivity contribution in [2.24, 2.45) is 7.05 Å². The lowest BCUT2D eigenvalue weighted by Crippen LogP contribution is -2.04. The van der Waals surface area contributed by atoms with Gasteiger partial charge in [0, 0.05) is 18.3 Å². The molecule has 0 bridgehead atoms. The van der Waals surface area contributed by atoms with Gasteiger partial charge in [0.15, 0.2) is 11.6 Å². The summed E-state index contributed by atoms with van der Waals surface area (Å²) >= 11 is 1.49. The Morgan fingerprint density at radius 2 is 1.96 bits per heavy atom. The maximum atomic E-state index is 5.87. The molecule has 6 nitrogen and oxygen atoms in total. The molecule has 4 rings (SSSR count). The normalized spacial score (nSPS) is 11.1. The second-order valence-corrected chi connectivity index (χ2v) is 7.70. The van der Waals surface area contributed by atoms with E-state index in [0.29, 0.717) is 11.6 Å². The first kappa shape index (κ1) is 18.2. The van der Waals surface area contributed by atoms with E-state index < -0.39 is 0 Å². The van der Waals surface area contributed by atoms with E-state index in [4.69, 9.17) is 15.7 Å². The number of anilines is 2. The van der Waals surface area contributed by atoms with Crippen molar-refractivity contribution in [1.29, 1.82) is 0 Å². The van der Waals surface area contributed by atoms with Gasteiger partial charge in [0.05, 0.1) is 15.6 Å². The third-order valence-corrected chi connectivity index (χ3v) is 5.44. The van der Waals surface area contributed by atoms with Crippen molar-refractivity contribution < 1.29 is 0 Å². The van der Waals surface area contributed by atoms with E-state index in [-0.39, 0.29) is 0 Å². The van der Waals surface area contributed by atoms with Gasteiger partial charge in [-0.05, 0) is 18.6 Å². The van der Waals surface area contributed by atoms with Crippen LogP contribution in [0.2, 0.25) is 0 Å². The molecule has 0 saturated heterocycles. The van der Waals surface area contributed by atoms with E-state index >= 15 is 0 Å². The van der Waals surface area contributed by atoms with Gasteiger partial charge in [-0.15, -0.1) is 11.3 Å². The van der Waals surface area contributed by atoms with Crippen LogP contribution in [0.25, 0.3) is 28.1 Å². The van der Waals surface area contributed by atoms with Crippen LogP contribution in [0.5, 0.6) is 0 Å². The highest BCUT2D eigenvalue weighted by atomic mass is 32.1. The third kappa shape index (κ3) is 3.36. The summed E-state index contributed by atoms with van der Waals surface area (Å²) in [6.45, 7) is 6.31. The summed E-state index contributed by atoms with van der Waals surface area (Å²) in [5, 5.41) is 8.81. The molecule has 0 aliphatic heterocycles. The minimum Gasteiger partial charge on any atom is -0.391 e. The van der Waals surface area contributed by atoms with Crippen molar-refractivity contribution in [1.82, 2.24) is 19.7 Å². The van der Waals surface area contributed by atoms with Crippen LogP contribution in [-0.4, -0.2) is 19.7 Å². The summed E-state index contributed by atoms with van der Waals surface area (Å²) in [5.74, 6) is 1.36. The van der Waals surface area contributed by atoms with Crippen LogP contribution in [0, 0.1) is 0 Å². The number of hydrogen-bond acceptors (Lipinski definition) is 6. The molecule has 28 heavy (non-hydrogen) atoms. The Hall–Kier alpha value is -3.19. The van der Waals surface area contributed by atoms with Crippen molar-refractivity contribution in [3.8, 4) is 11.4 Å². The van der Waals surface area contributed by atoms with Gasteiger partial charge in [0.2, 0.25) is 0 Å². The molecule has 0 aliphatic carbocycles. The number of fused-ring (bicyclic) bond motifs is 1. The Labute approximate surface area is 167 Å². The fraction of sp³-hybridized carbons (Fsp3) is 0.190. The highest BCUT2D eigenvalue weighted by Crippen LogP contribution is 2.31. The van der Waals surface area contributed by atoms with Crippen molar-refractivity contribution in [3.05, 3.63) is 59.6 Å². The minimum absolute atomic E-state index is 0.666. The Morgan fingerprint density at radius 1 is 1.18 bits per heavy atom. The van der Waals surface area contributed by atoms with Gasteiger partial charge < -0.3 is 11.1 Å². The van der Waals surface area contributed by atoms with Crippen LogP contribution >= 0.6 is 11.3 Å². The van der Waals surface area contributed by atoms with Crippen molar-refractivity contribution >= 4 is 38.9 Å². The number of nitrogens with zero attached hydrogens (tertiary/aromatic N) is 4. The van der Waals surface area contributed by atoms with E-state index in [1.165, 1.54) is 11.3 Å². The number of aryl methyl sites for hydroxylation is 2. The zero-order chi connectivity index (χ0) is 19.7. The van der Waals surface area contributed by atoms with Crippen LogP contribution in [-0.2, 0) is 13.5 Å². The van der Waals surface area contributed by atoms with Gasteiger partial charge in [-0.2, -0.15) is 5.10 Å². The Morgan fingerprint density at radius 3 is 2.64 bits per heavy atom. The lowest BCUT2D eigenvalue weighted by atomic mass is 10.2. The molecule has 0 amide bonds. The highest BCUT2D eigenvalue weighted by molar-refractivity contribution is 7.16. The second kappa shape index (κ2) is 7.44. The number of nitrogen functional groups attached to an aromatic ring is 1. The summed E-state index contributed by atoms with van der Waals surface area (Å²) in [4.78, 5) is 10.6. The van der Waals surface area contributed by atoms with Crippen LogP contribution < -0.4 is 11.1 Å². The molecule has 0 unspecified atom stereocenters. The fourth-order valence-corrected chi connectivity index (χ4v) is 3.87. The predicted octanol–water partition coefficient (Wildman–Crippen LogP) is 4.71. The monoisotopic (exact) mass is 390 g/mol. The average Bonchev–Trinajstić information content (AvgIpc) is 3.27. The lowest BCUT2D eigenvalue weighted by Gasteiger charge is -2.11. The lowest BCUT2D eigenvalue weighted by molar-refractivity contribution is 0.753. The van der Waals surface area contributed by atoms with E-state index in [2.05, 4.69) is 23.9 Å². The van der Waals surface area contributed by atoms with Gasteiger partial charge in [-0.1, -0.05) is 50.3 Å². The molecule has 0 atom stereocenters. The molecule has 1 aromatic carbocycles. The van der Waals surface area contributed by atoms with E-state index in [0.717, 1.165) is 50.7 Å². The molecule has 0 spiro atoms. The molecular weight excluding hydrogens is 368 g/mol. The first-order valence-corrected chi connectivity index (χ1v) is 9.99. The standard InChI is InChI=1S/C21H22N6S/c1-4-8-15-18-19(27(3)26-15)21(23-13(2)16-11-12-17(22)28-16)25-20(24-18)14-9-6-5-7-10-14/h5-7,9-12H,2,4,8,22H2,1,3H3,(H,23,24,25). The van der Waals surface area contributed by atoms with Gasteiger partial charge >= 0.3 is 0 Å². The quantitative estimate of drug-likeness (QED) is 0.498.